The third kappa shape index (κ3) is 29.1. The summed E-state index contributed by atoms with van der Waals surface area (Å²) in [5.74, 6) is -0.613. The second kappa shape index (κ2) is 31.6. The summed E-state index contributed by atoms with van der Waals surface area (Å²) < 4.78 is 10.5. The first-order valence-corrected chi connectivity index (χ1v) is 16.5. The summed E-state index contributed by atoms with van der Waals surface area (Å²) in [5, 5.41) is 9.49. The molecule has 0 bridgehead atoms. The fourth-order valence-corrected chi connectivity index (χ4v) is 4.45. The van der Waals surface area contributed by atoms with Crippen molar-refractivity contribution in [3.05, 3.63) is 36.5 Å². The monoisotopic (exact) mass is 562 g/mol. The quantitative estimate of drug-likeness (QED) is 0.0558. The van der Waals surface area contributed by atoms with Crippen molar-refractivity contribution in [2.45, 2.75) is 161 Å². The maximum atomic E-state index is 12.1. The van der Waals surface area contributed by atoms with Crippen LogP contribution >= 0.6 is 0 Å². The number of allylic oxidation sites excluding steroid dienone is 6. The molecule has 0 rings (SSSR count). The summed E-state index contributed by atoms with van der Waals surface area (Å²) in [6.07, 6.45) is 36.2. The molecule has 0 aromatic carbocycles. The zero-order valence-electron chi connectivity index (χ0n) is 26.1. The van der Waals surface area contributed by atoms with E-state index >= 15 is 0 Å². The number of aliphatic hydroxyl groups excluding tert-OH is 1. The van der Waals surface area contributed by atoms with E-state index < -0.39 is 6.10 Å². The van der Waals surface area contributed by atoms with E-state index in [-0.39, 0.29) is 25.2 Å². The lowest BCUT2D eigenvalue weighted by molar-refractivity contribution is -0.161. The van der Waals surface area contributed by atoms with Gasteiger partial charge in [-0.25, -0.2) is 0 Å². The molecule has 1 N–H and O–H groups in total. The van der Waals surface area contributed by atoms with Gasteiger partial charge in [0.25, 0.3) is 0 Å². The number of ether oxygens (including phenoxy) is 2. The molecule has 232 valence electrons. The lowest BCUT2D eigenvalue weighted by Crippen LogP contribution is -2.28. The molecule has 0 aromatic heterocycles. The Balaban J connectivity index is 3.62. The van der Waals surface area contributed by atoms with Gasteiger partial charge in [-0.1, -0.05) is 134 Å². The van der Waals surface area contributed by atoms with Crippen LogP contribution in [-0.2, 0) is 19.1 Å². The van der Waals surface area contributed by atoms with Crippen LogP contribution in [0.3, 0.4) is 0 Å². The summed E-state index contributed by atoms with van der Waals surface area (Å²) in [5.41, 5.74) is 0. The Kier molecular flexibility index (Phi) is 30.2. The third-order valence-electron chi connectivity index (χ3n) is 6.95. The Bertz CT molecular complexity index is 652. The first kappa shape index (κ1) is 38.1. The van der Waals surface area contributed by atoms with Crippen LogP contribution in [0.5, 0.6) is 0 Å². The van der Waals surface area contributed by atoms with Gasteiger partial charge in [0.1, 0.15) is 6.61 Å². The maximum absolute atomic E-state index is 12.1. The zero-order chi connectivity index (χ0) is 29.4. The predicted molar refractivity (Wildman–Crippen MR) is 168 cm³/mol. The molecule has 0 aliphatic rings. The molecule has 0 radical (unpaired) electrons. The van der Waals surface area contributed by atoms with Gasteiger partial charge in [-0.2, -0.15) is 0 Å². The van der Waals surface area contributed by atoms with E-state index in [1.807, 2.05) is 0 Å². The topological polar surface area (TPSA) is 72.8 Å². The Morgan fingerprint density at radius 2 is 1.07 bits per heavy atom. The molecule has 0 aliphatic heterocycles. The third-order valence-corrected chi connectivity index (χ3v) is 6.95. The van der Waals surface area contributed by atoms with E-state index in [2.05, 4.69) is 50.3 Å². The van der Waals surface area contributed by atoms with Gasteiger partial charge >= 0.3 is 11.9 Å². The molecule has 5 nitrogen and oxygen atoms in total. The number of hydrogen-bond donors (Lipinski definition) is 1. The van der Waals surface area contributed by atoms with Crippen LogP contribution in [0.1, 0.15) is 155 Å². The standard InChI is InChI=1S/C35H62O5/c1-3-5-7-9-11-13-15-16-17-18-20-21-23-25-27-29-34(37)39-32-33(31-36)40-35(38)30-28-26-24-22-19-14-12-10-8-6-4-2/h5,7,11,13,16-17,33,36H,3-4,6,8-10,12,14-15,18-32H2,1-2H3/b7-5-,13-11-,17-16-/t33-/m0/s1. The van der Waals surface area contributed by atoms with Gasteiger partial charge in [0, 0.05) is 12.8 Å². The van der Waals surface area contributed by atoms with Gasteiger partial charge in [-0.3, -0.25) is 9.59 Å². The molecule has 0 amide bonds. The number of rotatable bonds is 29. The molecule has 0 heterocycles. The first-order valence-electron chi connectivity index (χ1n) is 16.5. The highest BCUT2D eigenvalue weighted by Gasteiger charge is 2.16. The van der Waals surface area contributed by atoms with Gasteiger partial charge in [-0.15, -0.1) is 0 Å². The summed E-state index contributed by atoms with van der Waals surface area (Å²) >= 11 is 0. The zero-order valence-corrected chi connectivity index (χ0v) is 26.1. The molecule has 0 unspecified atom stereocenters. The largest absolute Gasteiger partial charge is 0.462 e. The number of aliphatic hydroxyl groups is 1. The summed E-state index contributed by atoms with van der Waals surface area (Å²) in [6.45, 7) is 3.98. The number of carbonyl (C=O) groups excluding carboxylic acids is 2. The van der Waals surface area contributed by atoms with Crippen LogP contribution < -0.4 is 0 Å². The normalized spacial score (nSPS) is 12.6. The van der Waals surface area contributed by atoms with Crippen LogP contribution in [0.2, 0.25) is 0 Å². The van der Waals surface area contributed by atoms with Gasteiger partial charge in [-0.05, 0) is 44.9 Å². The molecular formula is C35H62O5. The van der Waals surface area contributed by atoms with Gasteiger partial charge in [0.15, 0.2) is 6.10 Å². The van der Waals surface area contributed by atoms with Crippen LogP contribution in [0.15, 0.2) is 36.5 Å². The van der Waals surface area contributed by atoms with E-state index in [9.17, 15) is 14.7 Å². The molecule has 0 aliphatic carbocycles. The van der Waals surface area contributed by atoms with Crippen LogP contribution in [-0.4, -0.2) is 36.4 Å². The summed E-state index contributed by atoms with van der Waals surface area (Å²) in [6, 6.07) is 0. The smallest absolute Gasteiger partial charge is 0.306 e. The second-order valence-corrected chi connectivity index (χ2v) is 10.9. The molecule has 1 atom stereocenters. The number of esters is 2. The Morgan fingerprint density at radius 1 is 0.600 bits per heavy atom. The van der Waals surface area contributed by atoms with Crippen molar-refractivity contribution >= 4 is 11.9 Å². The lowest BCUT2D eigenvalue weighted by atomic mass is 10.1. The summed E-state index contributed by atoms with van der Waals surface area (Å²) in [4.78, 5) is 24.1. The molecule has 0 saturated heterocycles. The predicted octanol–water partition coefficient (Wildman–Crippen LogP) is 9.72. The van der Waals surface area contributed by atoms with Crippen LogP contribution in [0.4, 0.5) is 0 Å². The van der Waals surface area contributed by atoms with Crippen molar-refractivity contribution in [3.63, 3.8) is 0 Å². The maximum Gasteiger partial charge on any atom is 0.306 e. The molecule has 0 saturated carbocycles. The summed E-state index contributed by atoms with van der Waals surface area (Å²) in [7, 11) is 0. The van der Waals surface area contributed by atoms with Crippen molar-refractivity contribution in [2.24, 2.45) is 0 Å². The van der Waals surface area contributed by atoms with Crippen molar-refractivity contribution < 1.29 is 24.2 Å². The molecule has 0 fully saturated rings. The molecule has 0 aromatic rings. The van der Waals surface area contributed by atoms with Crippen molar-refractivity contribution in [1.29, 1.82) is 0 Å². The minimum atomic E-state index is -0.773. The Morgan fingerprint density at radius 3 is 1.62 bits per heavy atom. The Hall–Kier alpha value is -1.88. The van der Waals surface area contributed by atoms with Crippen molar-refractivity contribution in [1.82, 2.24) is 0 Å². The average molecular weight is 563 g/mol. The molecule has 5 heteroatoms. The van der Waals surface area contributed by atoms with E-state index in [1.54, 1.807) is 0 Å². The minimum Gasteiger partial charge on any atom is -0.462 e. The second-order valence-electron chi connectivity index (χ2n) is 10.9. The van der Waals surface area contributed by atoms with Gasteiger partial charge in [0.2, 0.25) is 0 Å². The van der Waals surface area contributed by atoms with Crippen molar-refractivity contribution in [2.75, 3.05) is 13.2 Å². The lowest BCUT2D eigenvalue weighted by Gasteiger charge is -2.15. The van der Waals surface area contributed by atoms with E-state index in [1.165, 1.54) is 64.2 Å². The molecular weight excluding hydrogens is 500 g/mol. The van der Waals surface area contributed by atoms with Gasteiger partial charge < -0.3 is 14.6 Å². The highest BCUT2D eigenvalue weighted by molar-refractivity contribution is 5.70. The van der Waals surface area contributed by atoms with Gasteiger partial charge in [0.05, 0.1) is 6.61 Å². The SMILES string of the molecule is CC/C=C\C/C=C\C/C=C\CCCCCCCC(=O)OC[C@H](CO)OC(=O)CCCCCCCCCCCCC. The van der Waals surface area contributed by atoms with E-state index in [0.717, 1.165) is 64.2 Å². The fourth-order valence-electron chi connectivity index (χ4n) is 4.45. The number of hydrogen-bond acceptors (Lipinski definition) is 5. The van der Waals surface area contributed by atoms with E-state index in [0.29, 0.717) is 12.8 Å². The van der Waals surface area contributed by atoms with Crippen LogP contribution in [0, 0.1) is 0 Å². The minimum absolute atomic E-state index is 0.0731. The highest BCUT2D eigenvalue weighted by Crippen LogP contribution is 2.13. The van der Waals surface area contributed by atoms with E-state index in [4.69, 9.17) is 9.47 Å². The molecule has 0 spiro atoms. The Labute approximate surface area is 246 Å². The first-order chi connectivity index (χ1) is 19.6. The van der Waals surface area contributed by atoms with Crippen molar-refractivity contribution in [3.8, 4) is 0 Å². The number of unbranched alkanes of at least 4 members (excludes halogenated alkanes) is 15. The highest BCUT2D eigenvalue weighted by atomic mass is 16.6. The number of carbonyl (C=O) groups is 2. The molecule has 40 heavy (non-hydrogen) atoms. The fraction of sp³-hybridized carbons (Fsp3) is 0.771. The average Bonchev–Trinajstić information content (AvgIpc) is 2.96. The van der Waals surface area contributed by atoms with Crippen LogP contribution in [0.25, 0.3) is 0 Å².